The molecule has 28 heavy (non-hydrogen) atoms. The van der Waals surface area contributed by atoms with Crippen LogP contribution < -0.4 is 0 Å². The predicted octanol–water partition coefficient (Wildman–Crippen LogP) is 6.35. The molecule has 2 heteroatoms. The van der Waals surface area contributed by atoms with E-state index in [1.54, 1.807) is 24.3 Å². The highest BCUT2D eigenvalue weighted by Crippen LogP contribution is 2.36. The molecule has 2 nitrogen and oxygen atoms in total. The van der Waals surface area contributed by atoms with Crippen molar-refractivity contribution in [2.75, 3.05) is 0 Å². The van der Waals surface area contributed by atoms with Crippen molar-refractivity contribution >= 4 is 44.2 Å². The van der Waals surface area contributed by atoms with Gasteiger partial charge in [-0.2, -0.15) is 5.26 Å². The molecule has 5 rings (SSSR count). The lowest BCUT2D eigenvalue weighted by Gasteiger charge is -2.12. The van der Waals surface area contributed by atoms with E-state index in [-0.39, 0.29) is 5.78 Å². The Balaban J connectivity index is 1.63. The van der Waals surface area contributed by atoms with E-state index in [0.717, 1.165) is 21.7 Å². The van der Waals surface area contributed by atoms with Gasteiger partial charge in [0.2, 0.25) is 0 Å². The summed E-state index contributed by atoms with van der Waals surface area (Å²) in [6.45, 7) is 0. The Morgan fingerprint density at radius 2 is 1.39 bits per heavy atom. The number of hydrogen-bond acceptors (Lipinski definition) is 2. The molecule has 0 spiro atoms. The summed E-state index contributed by atoms with van der Waals surface area (Å²) in [4.78, 5) is 12.9. The van der Waals surface area contributed by atoms with Crippen molar-refractivity contribution in [1.82, 2.24) is 0 Å². The Hall–Kier alpha value is -3.96. The zero-order valence-electron chi connectivity index (χ0n) is 15.0. The van der Waals surface area contributed by atoms with Crippen LogP contribution in [-0.4, -0.2) is 5.78 Å². The molecule has 0 N–H and O–H groups in total. The van der Waals surface area contributed by atoms with E-state index < -0.39 is 0 Å². The second kappa shape index (κ2) is 6.33. The van der Waals surface area contributed by atoms with E-state index in [4.69, 9.17) is 5.26 Å². The fourth-order valence-corrected chi connectivity index (χ4v) is 3.88. The van der Waals surface area contributed by atoms with Crippen molar-refractivity contribution in [3.05, 3.63) is 102 Å². The number of nitrogens with zero attached hydrogens (tertiary/aromatic N) is 1. The number of rotatable bonds is 3. The van der Waals surface area contributed by atoms with Gasteiger partial charge in [-0.15, -0.1) is 0 Å². The van der Waals surface area contributed by atoms with Crippen LogP contribution in [0.15, 0.2) is 84.9 Å². The second-order valence-electron chi connectivity index (χ2n) is 6.90. The molecule has 5 aromatic rings. The maximum absolute atomic E-state index is 12.9. The molecule has 130 valence electrons. The van der Waals surface area contributed by atoms with Crippen molar-refractivity contribution < 1.29 is 4.79 Å². The third-order valence-electron chi connectivity index (χ3n) is 5.26. The van der Waals surface area contributed by atoms with E-state index in [9.17, 15) is 4.79 Å². The normalized spacial score (nSPS) is 11.5. The quantitative estimate of drug-likeness (QED) is 0.214. The minimum absolute atomic E-state index is 0.0257. The first kappa shape index (κ1) is 16.2. The summed E-state index contributed by atoms with van der Waals surface area (Å²) in [5.41, 5.74) is 2.20. The van der Waals surface area contributed by atoms with Gasteiger partial charge in [0.1, 0.15) is 0 Å². The molecular weight excluding hydrogens is 342 g/mol. The first-order chi connectivity index (χ1) is 13.7. The summed E-state index contributed by atoms with van der Waals surface area (Å²) in [7, 11) is 0. The van der Waals surface area contributed by atoms with E-state index in [2.05, 4.69) is 42.5 Å². The van der Waals surface area contributed by atoms with Crippen LogP contribution >= 0.6 is 0 Å². The predicted molar refractivity (Wildman–Crippen MR) is 115 cm³/mol. The third-order valence-corrected chi connectivity index (χ3v) is 5.26. The van der Waals surface area contributed by atoms with Crippen LogP contribution in [0.25, 0.3) is 38.4 Å². The summed E-state index contributed by atoms with van der Waals surface area (Å²) in [5, 5.41) is 15.8. The van der Waals surface area contributed by atoms with Gasteiger partial charge in [0, 0.05) is 5.56 Å². The van der Waals surface area contributed by atoms with Crippen molar-refractivity contribution in [1.29, 1.82) is 5.26 Å². The van der Waals surface area contributed by atoms with Crippen molar-refractivity contribution in [3.8, 4) is 6.07 Å². The molecule has 0 fully saturated rings. The zero-order valence-corrected chi connectivity index (χ0v) is 15.0. The summed E-state index contributed by atoms with van der Waals surface area (Å²) in [6, 6.07) is 27.9. The van der Waals surface area contributed by atoms with Gasteiger partial charge >= 0.3 is 0 Å². The first-order valence-electron chi connectivity index (χ1n) is 9.14. The lowest BCUT2D eigenvalue weighted by molar-refractivity contribution is 0.104. The van der Waals surface area contributed by atoms with Gasteiger partial charge in [-0.05, 0) is 62.2 Å². The van der Waals surface area contributed by atoms with Crippen LogP contribution in [0.1, 0.15) is 21.5 Å². The van der Waals surface area contributed by atoms with Crippen LogP contribution in [0, 0.1) is 11.3 Å². The molecule has 0 aliphatic heterocycles. The average molecular weight is 357 g/mol. The monoisotopic (exact) mass is 357 g/mol. The highest BCUT2D eigenvalue weighted by molar-refractivity contribution is 6.27. The Bertz CT molecular complexity index is 1400. The van der Waals surface area contributed by atoms with Crippen LogP contribution in [0.2, 0.25) is 0 Å². The zero-order chi connectivity index (χ0) is 19.1. The Kier molecular flexibility index (Phi) is 3.67. The summed E-state index contributed by atoms with van der Waals surface area (Å²) >= 11 is 0. The molecule has 0 aliphatic carbocycles. The number of benzene rings is 5. The van der Waals surface area contributed by atoms with Crippen molar-refractivity contribution in [3.63, 3.8) is 0 Å². The molecule has 0 radical (unpaired) electrons. The molecule has 0 atom stereocenters. The standard InChI is InChI=1S/C26H15NO/c27-16-18-6-4-17(5-7-18)8-15-24(28)22-13-11-21-10-9-19-2-1-3-20-12-14-23(22)26(21)25(19)20/h1-15H/b15-8+. The Morgan fingerprint density at radius 1 is 0.750 bits per heavy atom. The van der Waals surface area contributed by atoms with Crippen molar-refractivity contribution in [2.24, 2.45) is 0 Å². The van der Waals surface area contributed by atoms with E-state index in [0.29, 0.717) is 11.1 Å². The topological polar surface area (TPSA) is 40.9 Å². The summed E-state index contributed by atoms with van der Waals surface area (Å²) < 4.78 is 0. The molecule has 5 aromatic carbocycles. The lowest BCUT2D eigenvalue weighted by Crippen LogP contribution is -1.97. The largest absolute Gasteiger partial charge is 0.289 e. The first-order valence-corrected chi connectivity index (χ1v) is 9.14. The Morgan fingerprint density at radius 3 is 2.11 bits per heavy atom. The van der Waals surface area contributed by atoms with E-state index in [1.807, 2.05) is 30.3 Å². The Labute approximate surface area is 162 Å². The maximum Gasteiger partial charge on any atom is 0.186 e. The van der Waals surface area contributed by atoms with Crippen LogP contribution in [0.5, 0.6) is 0 Å². The lowest BCUT2D eigenvalue weighted by atomic mass is 9.91. The van der Waals surface area contributed by atoms with Gasteiger partial charge in [0.25, 0.3) is 0 Å². The van der Waals surface area contributed by atoms with Gasteiger partial charge < -0.3 is 0 Å². The number of nitriles is 1. The number of ketones is 1. The number of carbonyl (C=O) groups excluding carboxylic acids is 1. The SMILES string of the molecule is N#Cc1ccc(/C=C/C(=O)c2ccc3ccc4cccc5ccc2c3c45)cc1. The van der Waals surface area contributed by atoms with Gasteiger partial charge in [0.05, 0.1) is 11.6 Å². The third kappa shape index (κ3) is 2.53. The molecule has 0 bridgehead atoms. The number of carbonyl (C=O) groups is 1. The smallest absolute Gasteiger partial charge is 0.186 e. The van der Waals surface area contributed by atoms with E-state index >= 15 is 0 Å². The number of hydrogen-bond donors (Lipinski definition) is 0. The van der Waals surface area contributed by atoms with Gasteiger partial charge in [-0.1, -0.05) is 66.7 Å². The van der Waals surface area contributed by atoms with Gasteiger partial charge in [-0.25, -0.2) is 0 Å². The van der Waals surface area contributed by atoms with Crippen LogP contribution in [-0.2, 0) is 0 Å². The minimum atomic E-state index is -0.0257. The van der Waals surface area contributed by atoms with Crippen LogP contribution in [0.3, 0.4) is 0 Å². The molecule has 0 aromatic heterocycles. The fourth-order valence-electron chi connectivity index (χ4n) is 3.88. The molecule has 0 heterocycles. The van der Waals surface area contributed by atoms with Gasteiger partial charge in [-0.3, -0.25) is 4.79 Å². The van der Waals surface area contributed by atoms with Crippen LogP contribution in [0.4, 0.5) is 0 Å². The molecule has 0 aliphatic rings. The molecule has 0 saturated heterocycles. The molecule has 0 amide bonds. The fraction of sp³-hybridized carbons (Fsp3) is 0. The summed E-state index contributed by atoms with van der Waals surface area (Å²) in [5.74, 6) is -0.0257. The molecule has 0 saturated carbocycles. The second-order valence-corrected chi connectivity index (χ2v) is 6.90. The highest BCUT2D eigenvalue weighted by Gasteiger charge is 2.13. The maximum atomic E-state index is 12.9. The molecule has 0 unspecified atom stereocenters. The van der Waals surface area contributed by atoms with Crippen molar-refractivity contribution in [2.45, 2.75) is 0 Å². The summed E-state index contributed by atoms with van der Waals surface area (Å²) in [6.07, 6.45) is 3.40. The highest BCUT2D eigenvalue weighted by atomic mass is 16.1. The average Bonchev–Trinajstić information content (AvgIpc) is 2.76. The minimum Gasteiger partial charge on any atom is -0.289 e. The van der Waals surface area contributed by atoms with Gasteiger partial charge in [0.15, 0.2) is 5.78 Å². The number of allylic oxidation sites excluding steroid dienone is 1. The van der Waals surface area contributed by atoms with E-state index in [1.165, 1.54) is 16.2 Å². The molecular formula is C26H15NO.